The summed E-state index contributed by atoms with van der Waals surface area (Å²) in [5, 5.41) is 2.75. The van der Waals surface area contributed by atoms with Crippen molar-refractivity contribution in [3.8, 4) is 5.75 Å². The van der Waals surface area contributed by atoms with Gasteiger partial charge in [0.15, 0.2) is 11.6 Å². The first-order valence-electron chi connectivity index (χ1n) is 8.91. The highest BCUT2D eigenvalue weighted by Gasteiger charge is 2.35. The lowest BCUT2D eigenvalue weighted by atomic mass is 10.1. The highest BCUT2D eigenvalue weighted by molar-refractivity contribution is 6.21. The number of halogens is 1. The number of hydrogen-bond acceptors (Lipinski definition) is 4. The van der Waals surface area contributed by atoms with Crippen LogP contribution >= 0.6 is 0 Å². The average Bonchev–Trinajstić information content (AvgIpc) is 2.89. The lowest BCUT2D eigenvalue weighted by Crippen LogP contribution is -2.35. The third-order valence-electron chi connectivity index (χ3n) is 4.74. The molecule has 1 atom stereocenters. The highest BCUT2D eigenvalue weighted by Crippen LogP contribution is 2.24. The first-order valence-corrected chi connectivity index (χ1v) is 8.91. The van der Waals surface area contributed by atoms with Crippen molar-refractivity contribution in [2.45, 2.75) is 26.3 Å². The number of nitrogens with zero attached hydrogens (tertiary/aromatic N) is 1. The molecule has 0 saturated heterocycles. The number of benzene rings is 2. The van der Waals surface area contributed by atoms with Gasteiger partial charge in [-0.1, -0.05) is 17.7 Å². The van der Waals surface area contributed by atoms with E-state index in [1.807, 2.05) is 6.92 Å². The Labute approximate surface area is 162 Å². The Hall–Kier alpha value is -3.22. The molecule has 0 saturated carbocycles. The summed E-state index contributed by atoms with van der Waals surface area (Å²) >= 11 is 0. The van der Waals surface area contributed by atoms with E-state index in [4.69, 9.17) is 4.74 Å². The SMILES string of the molecule is COc1ccc(C(C)NC(=O)CCN2C(=O)c3ccc(C)cc3C2=O)cc1F. The van der Waals surface area contributed by atoms with E-state index >= 15 is 0 Å². The van der Waals surface area contributed by atoms with Gasteiger partial charge in [0.1, 0.15) is 0 Å². The van der Waals surface area contributed by atoms with E-state index in [0.29, 0.717) is 16.7 Å². The van der Waals surface area contributed by atoms with Gasteiger partial charge in [-0.2, -0.15) is 0 Å². The van der Waals surface area contributed by atoms with Crippen LogP contribution in [-0.4, -0.2) is 36.3 Å². The van der Waals surface area contributed by atoms with Gasteiger partial charge in [0, 0.05) is 13.0 Å². The van der Waals surface area contributed by atoms with Crippen molar-refractivity contribution < 1.29 is 23.5 Å². The summed E-state index contributed by atoms with van der Waals surface area (Å²) in [6.45, 7) is 3.56. The summed E-state index contributed by atoms with van der Waals surface area (Å²) in [4.78, 5) is 38.2. The van der Waals surface area contributed by atoms with Crippen molar-refractivity contribution in [1.29, 1.82) is 0 Å². The Bertz CT molecular complexity index is 957. The maximum Gasteiger partial charge on any atom is 0.261 e. The number of nitrogens with one attached hydrogen (secondary N) is 1. The van der Waals surface area contributed by atoms with E-state index in [0.717, 1.165) is 10.5 Å². The van der Waals surface area contributed by atoms with Crippen molar-refractivity contribution in [3.05, 3.63) is 64.5 Å². The van der Waals surface area contributed by atoms with Crippen LogP contribution in [0.3, 0.4) is 0 Å². The quantitative estimate of drug-likeness (QED) is 0.777. The molecule has 146 valence electrons. The van der Waals surface area contributed by atoms with Crippen LogP contribution < -0.4 is 10.1 Å². The van der Waals surface area contributed by atoms with E-state index in [2.05, 4.69) is 5.32 Å². The standard InChI is InChI=1S/C21H21FN2O4/c1-12-4-6-15-16(10-12)21(27)24(20(15)26)9-8-19(25)23-13(2)14-5-7-18(28-3)17(22)11-14/h4-7,10-11,13H,8-9H2,1-3H3,(H,23,25). The van der Waals surface area contributed by atoms with Crippen LogP contribution in [0.5, 0.6) is 5.75 Å². The predicted octanol–water partition coefficient (Wildman–Crippen LogP) is 3.01. The van der Waals surface area contributed by atoms with Crippen molar-refractivity contribution >= 4 is 17.7 Å². The molecule has 6 nitrogen and oxygen atoms in total. The Balaban J connectivity index is 1.59. The van der Waals surface area contributed by atoms with Gasteiger partial charge in [-0.3, -0.25) is 19.3 Å². The van der Waals surface area contributed by atoms with Crippen molar-refractivity contribution in [1.82, 2.24) is 10.2 Å². The molecule has 0 radical (unpaired) electrons. The molecule has 1 aliphatic heterocycles. The molecular weight excluding hydrogens is 363 g/mol. The second-order valence-corrected chi connectivity index (χ2v) is 6.74. The number of carbonyl (C=O) groups excluding carboxylic acids is 3. The third kappa shape index (κ3) is 3.74. The van der Waals surface area contributed by atoms with Gasteiger partial charge in [-0.25, -0.2) is 4.39 Å². The zero-order valence-corrected chi connectivity index (χ0v) is 15.9. The fourth-order valence-electron chi connectivity index (χ4n) is 3.17. The van der Waals surface area contributed by atoms with Crippen LogP contribution in [0, 0.1) is 12.7 Å². The Morgan fingerprint density at radius 1 is 1.14 bits per heavy atom. The molecule has 0 spiro atoms. The molecule has 3 rings (SSSR count). The van der Waals surface area contributed by atoms with E-state index in [1.54, 1.807) is 31.2 Å². The van der Waals surface area contributed by atoms with Crippen LogP contribution in [-0.2, 0) is 4.79 Å². The number of rotatable bonds is 6. The fraction of sp³-hybridized carbons (Fsp3) is 0.286. The smallest absolute Gasteiger partial charge is 0.261 e. The molecule has 0 aliphatic carbocycles. The lowest BCUT2D eigenvalue weighted by molar-refractivity contribution is -0.121. The summed E-state index contributed by atoms with van der Waals surface area (Å²) in [6.07, 6.45) is -0.0343. The molecule has 2 aromatic carbocycles. The molecule has 3 amide bonds. The molecule has 1 heterocycles. The van der Waals surface area contributed by atoms with Crippen LogP contribution in [0.4, 0.5) is 4.39 Å². The second-order valence-electron chi connectivity index (χ2n) is 6.74. The zero-order valence-electron chi connectivity index (χ0n) is 15.9. The monoisotopic (exact) mass is 384 g/mol. The summed E-state index contributed by atoms with van der Waals surface area (Å²) in [6, 6.07) is 9.11. The largest absolute Gasteiger partial charge is 0.494 e. The first kappa shape index (κ1) is 19.5. The molecule has 1 N–H and O–H groups in total. The summed E-state index contributed by atoms with van der Waals surface area (Å²) < 4.78 is 18.7. The zero-order chi connectivity index (χ0) is 20.4. The van der Waals surface area contributed by atoms with Crippen LogP contribution in [0.1, 0.15) is 51.2 Å². The molecular formula is C21H21FN2O4. The highest BCUT2D eigenvalue weighted by atomic mass is 19.1. The van der Waals surface area contributed by atoms with E-state index in [1.165, 1.54) is 19.2 Å². The molecule has 0 aromatic heterocycles. The molecule has 28 heavy (non-hydrogen) atoms. The van der Waals surface area contributed by atoms with Crippen molar-refractivity contribution in [2.24, 2.45) is 0 Å². The van der Waals surface area contributed by atoms with E-state index < -0.39 is 17.8 Å². The van der Waals surface area contributed by atoms with Gasteiger partial charge in [-0.05, 0) is 43.7 Å². The number of methoxy groups -OCH3 is 1. The normalized spacial score (nSPS) is 14.1. The number of fused-ring (bicyclic) bond motifs is 1. The van der Waals surface area contributed by atoms with Gasteiger partial charge < -0.3 is 10.1 Å². The molecule has 1 unspecified atom stereocenters. The predicted molar refractivity (Wildman–Crippen MR) is 101 cm³/mol. The number of carbonyl (C=O) groups is 3. The average molecular weight is 384 g/mol. The van der Waals surface area contributed by atoms with Gasteiger partial charge in [-0.15, -0.1) is 0 Å². The van der Waals surface area contributed by atoms with Gasteiger partial charge in [0.2, 0.25) is 5.91 Å². The molecule has 7 heteroatoms. The van der Waals surface area contributed by atoms with E-state index in [9.17, 15) is 18.8 Å². The van der Waals surface area contributed by atoms with Crippen molar-refractivity contribution in [2.75, 3.05) is 13.7 Å². The molecule has 1 aliphatic rings. The molecule has 0 bridgehead atoms. The Morgan fingerprint density at radius 2 is 1.86 bits per heavy atom. The first-order chi connectivity index (χ1) is 13.3. The lowest BCUT2D eigenvalue weighted by Gasteiger charge is -2.17. The Kier molecular flexibility index (Phi) is 5.44. The van der Waals surface area contributed by atoms with Gasteiger partial charge >= 0.3 is 0 Å². The summed E-state index contributed by atoms with van der Waals surface area (Å²) in [7, 11) is 1.38. The van der Waals surface area contributed by atoms with E-state index in [-0.39, 0.29) is 30.5 Å². The third-order valence-corrected chi connectivity index (χ3v) is 4.74. The maximum absolute atomic E-state index is 13.8. The Morgan fingerprint density at radius 3 is 2.54 bits per heavy atom. The van der Waals surface area contributed by atoms with Gasteiger partial charge in [0.25, 0.3) is 11.8 Å². The summed E-state index contributed by atoms with van der Waals surface area (Å²) in [5.41, 5.74) is 2.20. The van der Waals surface area contributed by atoms with Gasteiger partial charge in [0.05, 0.1) is 24.3 Å². The number of aryl methyl sites for hydroxylation is 1. The molecule has 0 fully saturated rings. The van der Waals surface area contributed by atoms with Crippen LogP contribution in [0.25, 0.3) is 0 Å². The number of ether oxygens (including phenoxy) is 1. The van der Waals surface area contributed by atoms with Crippen molar-refractivity contribution in [3.63, 3.8) is 0 Å². The minimum atomic E-state index is -0.512. The maximum atomic E-state index is 13.8. The second kappa shape index (κ2) is 7.80. The molecule has 2 aromatic rings. The number of amides is 3. The minimum Gasteiger partial charge on any atom is -0.494 e. The topological polar surface area (TPSA) is 75.7 Å². The van der Waals surface area contributed by atoms with Crippen LogP contribution in [0.2, 0.25) is 0 Å². The number of imide groups is 1. The minimum absolute atomic E-state index is 0.0130. The fourth-order valence-corrected chi connectivity index (χ4v) is 3.17. The van der Waals surface area contributed by atoms with Crippen LogP contribution in [0.15, 0.2) is 36.4 Å². The summed E-state index contributed by atoms with van der Waals surface area (Å²) in [5.74, 6) is -1.50. The number of hydrogen-bond donors (Lipinski definition) is 1.